The summed E-state index contributed by atoms with van der Waals surface area (Å²) in [6, 6.07) is 0. The van der Waals surface area contributed by atoms with Gasteiger partial charge in [-0.1, -0.05) is 53.9 Å². The highest BCUT2D eigenvalue weighted by atomic mass is 14.6. The van der Waals surface area contributed by atoms with Gasteiger partial charge in [0.25, 0.3) is 0 Å². The minimum absolute atomic E-state index is 0.680. The Bertz CT molecular complexity index is 342. The van der Waals surface area contributed by atoms with Gasteiger partial charge in [-0.15, -0.1) is 0 Å². The van der Waals surface area contributed by atoms with Crippen LogP contribution in [0.1, 0.15) is 79.6 Å². The molecule has 3 aliphatic carbocycles. The Labute approximate surface area is 120 Å². The minimum atomic E-state index is 0.680. The van der Waals surface area contributed by atoms with Gasteiger partial charge in [0.15, 0.2) is 0 Å². The molecule has 0 radical (unpaired) electrons. The summed E-state index contributed by atoms with van der Waals surface area (Å²) in [4.78, 5) is 0. The van der Waals surface area contributed by atoms with E-state index in [4.69, 9.17) is 0 Å². The van der Waals surface area contributed by atoms with E-state index < -0.39 is 0 Å². The van der Waals surface area contributed by atoms with Gasteiger partial charge in [0.2, 0.25) is 0 Å². The molecular weight excluding hydrogens is 228 g/mol. The van der Waals surface area contributed by atoms with Crippen LogP contribution in [0.4, 0.5) is 0 Å². The molecule has 0 heterocycles. The second kappa shape index (κ2) is 4.50. The molecule has 19 heavy (non-hydrogen) atoms. The molecule has 0 N–H and O–H groups in total. The molecule has 3 fully saturated rings. The molecule has 0 nitrogen and oxygen atoms in total. The van der Waals surface area contributed by atoms with E-state index in [1.54, 1.807) is 0 Å². The molecule has 0 heteroatoms. The van der Waals surface area contributed by atoms with Crippen LogP contribution in [-0.4, -0.2) is 0 Å². The molecule has 0 aromatic rings. The van der Waals surface area contributed by atoms with Gasteiger partial charge in [-0.05, 0) is 66.1 Å². The SMILES string of the molecule is CC(CC1(C)CC1C)CC1(C)C(C)CC1C1CCC1. The van der Waals surface area contributed by atoms with Crippen molar-refractivity contribution < 1.29 is 0 Å². The van der Waals surface area contributed by atoms with Gasteiger partial charge < -0.3 is 0 Å². The summed E-state index contributed by atoms with van der Waals surface area (Å²) < 4.78 is 0. The molecule has 3 rings (SSSR count). The topological polar surface area (TPSA) is 0 Å². The van der Waals surface area contributed by atoms with Crippen LogP contribution in [0.5, 0.6) is 0 Å². The monoisotopic (exact) mass is 262 g/mol. The zero-order valence-electron chi connectivity index (χ0n) is 13.8. The first-order valence-electron chi connectivity index (χ1n) is 8.85. The third kappa shape index (κ3) is 2.28. The van der Waals surface area contributed by atoms with Crippen LogP contribution in [0, 0.1) is 40.4 Å². The standard InChI is InChI=1S/C19H34/c1-13(10-18(4)12-15(18)3)11-19(5)14(2)9-17(19)16-7-6-8-16/h13-17H,6-12H2,1-5H3. The molecule has 0 aromatic heterocycles. The molecule has 0 aromatic carbocycles. The van der Waals surface area contributed by atoms with Crippen LogP contribution in [0.25, 0.3) is 0 Å². The van der Waals surface area contributed by atoms with E-state index in [0.29, 0.717) is 10.8 Å². The third-order valence-electron chi connectivity index (χ3n) is 7.70. The molecule has 110 valence electrons. The highest BCUT2D eigenvalue weighted by Gasteiger charge is 2.54. The molecular formula is C19H34. The van der Waals surface area contributed by atoms with Crippen LogP contribution >= 0.6 is 0 Å². The lowest BCUT2D eigenvalue weighted by Gasteiger charge is -2.59. The lowest BCUT2D eigenvalue weighted by Crippen LogP contribution is -2.51. The Balaban J connectivity index is 1.57. The molecule has 6 atom stereocenters. The summed E-state index contributed by atoms with van der Waals surface area (Å²) in [5.41, 5.74) is 1.38. The van der Waals surface area contributed by atoms with Gasteiger partial charge in [-0.25, -0.2) is 0 Å². The highest BCUT2D eigenvalue weighted by molar-refractivity contribution is 5.03. The summed E-state index contributed by atoms with van der Waals surface area (Å²) in [7, 11) is 0. The first-order valence-corrected chi connectivity index (χ1v) is 8.85. The summed E-state index contributed by atoms with van der Waals surface area (Å²) in [5.74, 6) is 5.08. The third-order valence-corrected chi connectivity index (χ3v) is 7.70. The Kier molecular flexibility index (Phi) is 3.31. The van der Waals surface area contributed by atoms with Crippen molar-refractivity contribution in [3.63, 3.8) is 0 Å². The first kappa shape index (κ1) is 14.0. The highest BCUT2D eigenvalue weighted by Crippen LogP contribution is 2.63. The maximum Gasteiger partial charge on any atom is -0.0266 e. The number of rotatable bonds is 5. The predicted octanol–water partition coefficient (Wildman–Crippen LogP) is 5.91. The molecule has 0 bridgehead atoms. The lowest BCUT2D eigenvalue weighted by atomic mass is 9.46. The quantitative estimate of drug-likeness (QED) is 0.577. The van der Waals surface area contributed by atoms with Crippen molar-refractivity contribution in [2.45, 2.75) is 79.6 Å². The number of hydrogen-bond acceptors (Lipinski definition) is 0. The van der Waals surface area contributed by atoms with Crippen molar-refractivity contribution in [2.75, 3.05) is 0 Å². The van der Waals surface area contributed by atoms with Crippen molar-refractivity contribution in [1.82, 2.24) is 0 Å². The fraction of sp³-hybridized carbons (Fsp3) is 1.00. The first-order chi connectivity index (χ1) is 8.85. The van der Waals surface area contributed by atoms with E-state index in [-0.39, 0.29) is 0 Å². The summed E-state index contributed by atoms with van der Waals surface area (Å²) in [6.45, 7) is 12.6. The van der Waals surface area contributed by atoms with Crippen LogP contribution < -0.4 is 0 Å². The number of hydrogen-bond donors (Lipinski definition) is 0. The van der Waals surface area contributed by atoms with Gasteiger partial charge >= 0.3 is 0 Å². The van der Waals surface area contributed by atoms with E-state index in [1.807, 2.05) is 0 Å². The van der Waals surface area contributed by atoms with E-state index in [9.17, 15) is 0 Å². The van der Waals surface area contributed by atoms with Gasteiger partial charge in [0.05, 0.1) is 0 Å². The van der Waals surface area contributed by atoms with Crippen molar-refractivity contribution >= 4 is 0 Å². The molecule has 0 spiro atoms. The lowest BCUT2D eigenvalue weighted by molar-refractivity contribution is -0.0985. The molecule has 6 unspecified atom stereocenters. The average molecular weight is 262 g/mol. The second-order valence-corrected chi connectivity index (χ2v) is 9.21. The predicted molar refractivity (Wildman–Crippen MR) is 83.0 cm³/mol. The van der Waals surface area contributed by atoms with Crippen LogP contribution in [0.15, 0.2) is 0 Å². The molecule has 3 saturated carbocycles. The zero-order valence-corrected chi connectivity index (χ0v) is 13.8. The summed E-state index contributed by atoms with van der Waals surface area (Å²) in [6.07, 6.45) is 10.6. The normalized spacial score (nSPS) is 51.3. The fourth-order valence-electron chi connectivity index (χ4n) is 5.59. The van der Waals surface area contributed by atoms with Crippen molar-refractivity contribution in [3.8, 4) is 0 Å². The van der Waals surface area contributed by atoms with Gasteiger partial charge in [0, 0.05) is 0 Å². The molecule has 0 amide bonds. The Hall–Kier alpha value is 0. The molecule has 0 saturated heterocycles. The largest absolute Gasteiger partial charge is 0.0625 e. The van der Waals surface area contributed by atoms with E-state index in [2.05, 4.69) is 34.6 Å². The van der Waals surface area contributed by atoms with Crippen molar-refractivity contribution in [2.24, 2.45) is 40.4 Å². The summed E-state index contributed by atoms with van der Waals surface area (Å²) >= 11 is 0. The second-order valence-electron chi connectivity index (χ2n) is 9.21. The Morgan fingerprint density at radius 1 is 1.05 bits per heavy atom. The van der Waals surface area contributed by atoms with Gasteiger partial charge in [-0.3, -0.25) is 0 Å². The van der Waals surface area contributed by atoms with Crippen molar-refractivity contribution in [1.29, 1.82) is 0 Å². The smallest absolute Gasteiger partial charge is 0.0266 e. The van der Waals surface area contributed by atoms with Gasteiger partial charge in [-0.2, -0.15) is 0 Å². The summed E-state index contributed by atoms with van der Waals surface area (Å²) in [5, 5.41) is 0. The maximum atomic E-state index is 2.62. The van der Waals surface area contributed by atoms with Crippen LogP contribution in [0.3, 0.4) is 0 Å². The molecule has 0 aliphatic heterocycles. The van der Waals surface area contributed by atoms with Crippen LogP contribution in [-0.2, 0) is 0 Å². The van der Waals surface area contributed by atoms with Gasteiger partial charge in [0.1, 0.15) is 0 Å². The van der Waals surface area contributed by atoms with E-state index >= 15 is 0 Å². The Morgan fingerprint density at radius 2 is 1.68 bits per heavy atom. The Morgan fingerprint density at radius 3 is 2.11 bits per heavy atom. The van der Waals surface area contributed by atoms with Crippen LogP contribution in [0.2, 0.25) is 0 Å². The molecule has 3 aliphatic rings. The fourth-order valence-corrected chi connectivity index (χ4v) is 5.59. The maximum absolute atomic E-state index is 2.62. The van der Waals surface area contributed by atoms with E-state index in [1.165, 1.54) is 44.9 Å². The average Bonchev–Trinajstić information content (AvgIpc) is 2.82. The van der Waals surface area contributed by atoms with E-state index in [0.717, 1.165) is 29.6 Å². The zero-order chi connectivity index (χ0) is 13.8. The minimum Gasteiger partial charge on any atom is -0.0625 e. The van der Waals surface area contributed by atoms with Crippen molar-refractivity contribution in [3.05, 3.63) is 0 Å².